The van der Waals surface area contributed by atoms with E-state index in [0.29, 0.717) is 45.7 Å². The van der Waals surface area contributed by atoms with Crippen LogP contribution in [-0.4, -0.2) is 77.3 Å². The molecule has 6 heteroatoms. The summed E-state index contributed by atoms with van der Waals surface area (Å²) in [6.07, 6.45) is 5.51. The van der Waals surface area contributed by atoms with Crippen LogP contribution in [0.1, 0.15) is 24.8 Å². The number of benzene rings is 1. The van der Waals surface area contributed by atoms with Crippen LogP contribution in [0, 0.1) is 0 Å². The summed E-state index contributed by atoms with van der Waals surface area (Å²) in [6, 6.07) is 8.16. The SMILES string of the molecule is O=C(CCc1c[nH]c2ccccc12)N1CCOC[C@@](O)(CN2CCCC2)C1. The predicted molar refractivity (Wildman–Crippen MR) is 105 cm³/mol. The van der Waals surface area contributed by atoms with E-state index in [1.807, 2.05) is 24.4 Å². The number of amides is 1. The largest absolute Gasteiger partial charge is 0.384 e. The second kappa shape index (κ2) is 8.00. The minimum Gasteiger partial charge on any atom is -0.384 e. The monoisotopic (exact) mass is 371 g/mol. The number of H-pyrrole nitrogens is 1. The van der Waals surface area contributed by atoms with E-state index in [4.69, 9.17) is 4.74 Å². The molecule has 2 aromatic rings. The summed E-state index contributed by atoms with van der Waals surface area (Å²) in [6.45, 7) is 4.33. The van der Waals surface area contributed by atoms with Crippen LogP contribution >= 0.6 is 0 Å². The summed E-state index contributed by atoms with van der Waals surface area (Å²) in [5, 5.41) is 12.2. The van der Waals surface area contributed by atoms with Gasteiger partial charge in [-0.3, -0.25) is 4.79 Å². The van der Waals surface area contributed by atoms with Crippen molar-refractivity contribution in [3.05, 3.63) is 36.0 Å². The molecule has 1 aromatic heterocycles. The van der Waals surface area contributed by atoms with Crippen LogP contribution in [0.15, 0.2) is 30.5 Å². The van der Waals surface area contributed by atoms with Crippen molar-refractivity contribution in [1.29, 1.82) is 0 Å². The molecule has 0 spiro atoms. The Balaban J connectivity index is 1.38. The third-order valence-electron chi connectivity index (χ3n) is 5.71. The summed E-state index contributed by atoms with van der Waals surface area (Å²) in [7, 11) is 0. The Kier molecular flexibility index (Phi) is 5.48. The van der Waals surface area contributed by atoms with Gasteiger partial charge in [0.25, 0.3) is 0 Å². The summed E-state index contributed by atoms with van der Waals surface area (Å²) < 4.78 is 5.63. The molecule has 2 fully saturated rings. The Bertz CT molecular complexity index is 784. The molecular weight excluding hydrogens is 342 g/mol. The van der Waals surface area contributed by atoms with Crippen molar-refractivity contribution in [2.24, 2.45) is 0 Å². The number of carbonyl (C=O) groups is 1. The molecule has 0 aliphatic carbocycles. The first-order chi connectivity index (χ1) is 13.1. The highest BCUT2D eigenvalue weighted by molar-refractivity contribution is 5.84. The standard InChI is InChI=1S/C21H29N3O3/c25-20(8-7-17-13-22-19-6-2-1-5-18(17)19)24-11-12-27-16-21(26,15-24)14-23-9-3-4-10-23/h1-2,5-6,13,22,26H,3-4,7-12,14-16H2/t21-/m1/s1. The first kappa shape index (κ1) is 18.5. The zero-order chi connectivity index (χ0) is 18.7. The Morgan fingerprint density at radius 3 is 2.89 bits per heavy atom. The number of aliphatic hydroxyl groups is 1. The number of hydrogen-bond acceptors (Lipinski definition) is 4. The normalized spacial score (nSPS) is 24.4. The quantitative estimate of drug-likeness (QED) is 0.841. The average molecular weight is 371 g/mol. The zero-order valence-electron chi connectivity index (χ0n) is 15.8. The first-order valence-corrected chi connectivity index (χ1v) is 9.98. The molecule has 0 bridgehead atoms. The molecule has 4 rings (SSSR count). The van der Waals surface area contributed by atoms with Gasteiger partial charge in [0.2, 0.25) is 5.91 Å². The van der Waals surface area contributed by atoms with Crippen molar-refractivity contribution < 1.29 is 14.6 Å². The number of fused-ring (bicyclic) bond motifs is 1. The third kappa shape index (κ3) is 4.34. The number of hydrogen-bond donors (Lipinski definition) is 2. The maximum atomic E-state index is 12.8. The van der Waals surface area contributed by atoms with E-state index in [2.05, 4.69) is 16.0 Å². The second-order valence-electron chi connectivity index (χ2n) is 7.93. The lowest BCUT2D eigenvalue weighted by molar-refractivity contribution is -0.134. The van der Waals surface area contributed by atoms with Gasteiger partial charge in [-0.2, -0.15) is 0 Å². The van der Waals surface area contributed by atoms with E-state index in [-0.39, 0.29) is 5.91 Å². The molecule has 1 aromatic carbocycles. The van der Waals surface area contributed by atoms with Crippen LogP contribution in [0.25, 0.3) is 10.9 Å². The number of nitrogens with zero attached hydrogens (tertiary/aromatic N) is 2. The number of carbonyl (C=O) groups excluding carboxylic acids is 1. The fraction of sp³-hybridized carbons (Fsp3) is 0.571. The van der Waals surface area contributed by atoms with Gasteiger partial charge in [0, 0.05) is 36.6 Å². The number of para-hydroxylation sites is 1. The molecule has 2 saturated heterocycles. The van der Waals surface area contributed by atoms with Gasteiger partial charge in [-0.15, -0.1) is 0 Å². The summed E-state index contributed by atoms with van der Waals surface area (Å²) >= 11 is 0. The van der Waals surface area contributed by atoms with Crippen molar-refractivity contribution in [2.75, 3.05) is 45.9 Å². The van der Waals surface area contributed by atoms with E-state index >= 15 is 0 Å². The molecule has 146 valence electrons. The van der Waals surface area contributed by atoms with E-state index in [0.717, 1.165) is 24.2 Å². The van der Waals surface area contributed by atoms with Gasteiger partial charge in [0.1, 0.15) is 5.60 Å². The molecule has 27 heavy (non-hydrogen) atoms. The molecule has 1 amide bonds. The molecule has 2 aliphatic heterocycles. The highest BCUT2D eigenvalue weighted by Crippen LogP contribution is 2.21. The van der Waals surface area contributed by atoms with Crippen molar-refractivity contribution in [3.63, 3.8) is 0 Å². The van der Waals surface area contributed by atoms with Gasteiger partial charge in [-0.25, -0.2) is 0 Å². The van der Waals surface area contributed by atoms with Crippen LogP contribution in [0.2, 0.25) is 0 Å². The van der Waals surface area contributed by atoms with Crippen molar-refractivity contribution in [2.45, 2.75) is 31.3 Å². The van der Waals surface area contributed by atoms with Crippen LogP contribution in [0.5, 0.6) is 0 Å². The number of β-amino-alcohol motifs (C(OH)–C–C–N with tert-alkyl or cyclic N) is 1. The molecule has 6 nitrogen and oxygen atoms in total. The van der Waals surface area contributed by atoms with Gasteiger partial charge in [0.15, 0.2) is 0 Å². The van der Waals surface area contributed by atoms with Gasteiger partial charge < -0.3 is 24.6 Å². The Morgan fingerprint density at radius 1 is 1.22 bits per heavy atom. The summed E-state index contributed by atoms with van der Waals surface area (Å²) in [4.78, 5) is 20.2. The lowest BCUT2D eigenvalue weighted by Gasteiger charge is -2.34. The number of ether oxygens (including phenoxy) is 1. The summed E-state index contributed by atoms with van der Waals surface area (Å²) in [5.74, 6) is 0.0885. The Labute approximate surface area is 160 Å². The minimum absolute atomic E-state index is 0.0885. The smallest absolute Gasteiger partial charge is 0.223 e. The zero-order valence-corrected chi connectivity index (χ0v) is 15.8. The Morgan fingerprint density at radius 2 is 2.04 bits per heavy atom. The lowest BCUT2D eigenvalue weighted by Crippen LogP contribution is -2.53. The number of likely N-dealkylation sites (tertiary alicyclic amines) is 1. The first-order valence-electron chi connectivity index (χ1n) is 9.98. The molecule has 1 atom stereocenters. The maximum absolute atomic E-state index is 12.8. The maximum Gasteiger partial charge on any atom is 0.223 e. The van der Waals surface area contributed by atoms with E-state index in [9.17, 15) is 9.90 Å². The molecular formula is C21H29N3O3. The molecule has 0 unspecified atom stereocenters. The number of aromatic nitrogens is 1. The minimum atomic E-state index is -0.975. The highest BCUT2D eigenvalue weighted by Gasteiger charge is 2.36. The van der Waals surface area contributed by atoms with E-state index in [1.54, 1.807) is 4.90 Å². The number of aromatic amines is 1. The van der Waals surface area contributed by atoms with Gasteiger partial charge in [-0.1, -0.05) is 18.2 Å². The highest BCUT2D eigenvalue weighted by atomic mass is 16.5. The van der Waals surface area contributed by atoms with Crippen molar-refractivity contribution >= 4 is 16.8 Å². The number of rotatable bonds is 5. The third-order valence-corrected chi connectivity index (χ3v) is 5.71. The fourth-order valence-corrected chi connectivity index (χ4v) is 4.32. The van der Waals surface area contributed by atoms with Crippen molar-refractivity contribution in [1.82, 2.24) is 14.8 Å². The van der Waals surface area contributed by atoms with Gasteiger partial charge >= 0.3 is 0 Å². The molecule has 0 radical (unpaired) electrons. The van der Waals surface area contributed by atoms with E-state index in [1.165, 1.54) is 18.2 Å². The van der Waals surface area contributed by atoms with Crippen molar-refractivity contribution in [3.8, 4) is 0 Å². The Hall–Kier alpha value is -1.89. The molecule has 2 aliphatic rings. The number of aryl methyl sites for hydroxylation is 1. The molecule has 2 N–H and O–H groups in total. The van der Waals surface area contributed by atoms with Crippen LogP contribution < -0.4 is 0 Å². The van der Waals surface area contributed by atoms with Crippen LogP contribution in [0.3, 0.4) is 0 Å². The molecule has 0 saturated carbocycles. The average Bonchev–Trinajstić information content (AvgIpc) is 3.27. The van der Waals surface area contributed by atoms with E-state index < -0.39 is 5.60 Å². The van der Waals surface area contributed by atoms with Gasteiger partial charge in [-0.05, 0) is 44.0 Å². The predicted octanol–water partition coefficient (Wildman–Crippen LogP) is 1.79. The molecule has 3 heterocycles. The lowest BCUT2D eigenvalue weighted by atomic mass is 10.0. The van der Waals surface area contributed by atoms with Crippen LogP contribution in [-0.2, 0) is 16.0 Å². The summed E-state index contributed by atoms with van der Waals surface area (Å²) in [5.41, 5.74) is 1.29. The van der Waals surface area contributed by atoms with Crippen LogP contribution in [0.4, 0.5) is 0 Å². The fourth-order valence-electron chi connectivity index (χ4n) is 4.32. The second-order valence-corrected chi connectivity index (χ2v) is 7.93. The topological polar surface area (TPSA) is 68.8 Å². The van der Waals surface area contributed by atoms with Gasteiger partial charge in [0.05, 0.1) is 19.8 Å². The number of nitrogens with one attached hydrogen (secondary N) is 1.